The lowest BCUT2D eigenvalue weighted by Crippen LogP contribution is -2.29. The number of nitrogens with one attached hydrogen (secondary N) is 1. The summed E-state index contributed by atoms with van der Waals surface area (Å²) in [6, 6.07) is 2.33. The number of hydrogen-bond acceptors (Lipinski definition) is 6. The van der Waals surface area contributed by atoms with Gasteiger partial charge in [0.05, 0.1) is 0 Å². The van der Waals surface area contributed by atoms with E-state index >= 15 is 0 Å². The minimum absolute atomic E-state index is 0.469. The molecule has 0 radical (unpaired) electrons. The summed E-state index contributed by atoms with van der Waals surface area (Å²) in [7, 11) is 0. The van der Waals surface area contributed by atoms with Gasteiger partial charge in [-0.1, -0.05) is 6.92 Å². The third kappa shape index (κ3) is 2.96. The van der Waals surface area contributed by atoms with Crippen LogP contribution in [0.5, 0.6) is 0 Å². The monoisotopic (exact) mass is 287 g/mol. The van der Waals surface area contributed by atoms with E-state index in [4.69, 9.17) is 0 Å². The van der Waals surface area contributed by atoms with Crippen molar-refractivity contribution in [3.63, 3.8) is 0 Å². The average molecular weight is 287 g/mol. The van der Waals surface area contributed by atoms with Crippen molar-refractivity contribution in [2.24, 2.45) is 0 Å². The highest BCUT2D eigenvalue weighted by Gasteiger charge is 2.24. The number of nitrogens with zero attached hydrogens (tertiary/aromatic N) is 6. The van der Waals surface area contributed by atoms with Crippen LogP contribution >= 0.6 is 0 Å². The van der Waals surface area contributed by atoms with E-state index in [1.807, 2.05) is 12.3 Å². The van der Waals surface area contributed by atoms with Gasteiger partial charge in [0.2, 0.25) is 11.9 Å². The van der Waals surface area contributed by atoms with Crippen LogP contribution < -0.4 is 10.2 Å². The Labute approximate surface area is 124 Å². The predicted molar refractivity (Wildman–Crippen MR) is 81.8 cm³/mol. The molecule has 1 saturated heterocycles. The summed E-state index contributed by atoms with van der Waals surface area (Å²) in [5.41, 5.74) is 0. The molecule has 1 fully saturated rings. The van der Waals surface area contributed by atoms with Crippen molar-refractivity contribution in [1.29, 1.82) is 0 Å². The largest absolute Gasteiger partial charge is 0.354 e. The third-order valence-electron chi connectivity index (χ3n) is 3.66. The van der Waals surface area contributed by atoms with E-state index in [0.29, 0.717) is 17.9 Å². The standard InChI is InChI=1S/C14H21N7/c1-3-7-15-12-17-13(20-9-4-6-11(20)2)19-14(18-12)21-10-5-8-16-21/h5,8,10-11H,3-4,6-7,9H2,1-2H3,(H,15,17,18,19). The highest BCUT2D eigenvalue weighted by Crippen LogP contribution is 2.23. The molecule has 0 spiro atoms. The zero-order valence-corrected chi connectivity index (χ0v) is 12.5. The summed E-state index contributed by atoms with van der Waals surface area (Å²) in [6.45, 7) is 6.17. The van der Waals surface area contributed by atoms with E-state index in [2.05, 4.69) is 44.1 Å². The molecule has 2 aromatic heterocycles. The van der Waals surface area contributed by atoms with E-state index in [1.54, 1.807) is 10.9 Å². The molecule has 1 N–H and O–H groups in total. The van der Waals surface area contributed by atoms with E-state index in [-0.39, 0.29) is 0 Å². The predicted octanol–water partition coefficient (Wildman–Crippen LogP) is 1.87. The van der Waals surface area contributed by atoms with Gasteiger partial charge in [-0.05, 0) is 32.3 Å². The molecule has 2 aromatic rings. The van der Waals surface area contributed by atoms with Gasteiger partial charge in [-0.15, -0.1) is 0 Å². The molecule has 0 aliphatic carbocycles. The molecule has 3 heterocycles. The van der Waals surface area contributed by atoms with Crippen LogP contribution in [0, 0.1) is 0 Å². The Morgan fingerprint density at radius 1 is 1.29 bits per heavy atom. The van der Waals surface area contributed by atoms with Gasteiger partial charge in [-0.3, -0.25) is 0 Å². The Morgan fingerprint density at radius 2 is 2.14 bits per heavy atom. The van der Waals surface area contributed by atoms with Crippen molar-refractivity contribution in [2.75, 3.05) is 23.3 Å². The van der Waals surface area contributed by atoms with Crippen molar-refractivity contribution in [3.8, 4) is 5.95 Å². The van der Waals surface area contributed by atoms with Crippen LogP contribution in [0.25, 0.3) is 5.95 Å². The van der Waals surface area contributed by atoms with Crippen molar-refractivity contribution < 1.29 is 0 Å². The Hall–Kier alpha value is -2.18. The van der Waals surface area contributed by atoms with Gasteiger partial charge in [-0.25, -0.2) is 4.68 Å². The molecule has 0 saturated carbocycles. The zero-order valence-electron chi connectivity index (χ0n) is 12.5. The maximum absolute atomic E-state index is 4.58. The van der Waals surface area contributed by atoms with Crippen LogP contribution in [-0.2, 0) is 0 Å². The second-order valence-electron chi connectivity index (χ2n) is 5.32. The highest BCUT2D eigenvalue weighted by molar-refractivity contribution is 5.41. The lowest BCUT2D eigenvalue weighted by atomic mass is 10.2. The van der Waals surface area contributed by atoms with Crippen LogP contribution in [0.15, 0.2) is 18.5 Å². The summed E-state index contributed by atoms with van der Waals surface area (Å²) >= 11 is 0. The van der Waals surface area contributed by atoms with Crippen molar-refractivity contribution >= 4 is 11.9 Å². The molecule has 1 aliphatic rings. The van der Waals surface area contributed by atoms with Gasteiger partial charge < -0.3 is 10.2 Å². The fourth-order valence-electron chi connectivity index (χ4n) is 2.52. The Bertz CT molecular complexity index is 581. The summed E-state index contributed by atoms with van der Waals surface area (Å²) in [5.74, 6) is 1.91. The smallest absolute Gasteiger partial charge is 0.257 e. The molecular weight excluding hydrogens is 266 g/mol. The van der Waals surface area contributed by atoms with Crippen molar-refractivity contribution in [2.45, 2.75) is 39.2 Å². The maximum Gasteiger partial charge on any atom is 0.257 e. The van der Waals surface area contributed by atoms with Crippen LogP contribution in [-0.4, -0.2) is 43.9 Å². The molecule has 21 heavy (non-hydrogen) atoms. The molecule has 3 rings (SSSR count). The third-order valence-corrected chi connectivity index (χ3v) is 3.66. The first kappa shape index (κ1) is 13.8. The van der Waals surface area contributed by atoms with E-state index < -0.39 is 0 Å². The van der Waals surface area contributed by atoms with E-state index in [9.17, 15) is 0 Å². The molecule has 7 nitrogen and oxygen atoms in total. The molecule has 1 atom stereocenters. The Morgan fingerprint density at radius 3 is 2.81 bits per heavy atom. The van der Waals surface area contributed by atoms with Crippen LogP contribution in [0.2, 0.25) is 0 Å². The van der Waals surface area contributed by atoms with Crippen LogP contribution in [0.4, 0.5) is 11.9 Å². The molecule has 112 valence electrons. The number of hydrogen-bond donors (Lipinski definition) is 1. The molecule has 0 bridgehead atoms. The molecule has 0 amide bonds. The van der Waals surface area contributed by atoms with Crippen LogP contribution in [0.3, 0.4) is 0 Å². The van der Waals surface area contributed by atoms with Gasteiger partial charge in [-0.2, -0.15) is 20.1 Å². The van der Waals surface area contributed by atoms with E-state index in [0.717, 1.165) is 25.5 Å². The Kier molecular flexibility index (Phi) is 3.98. The lowest BCUT2D eigenvalue weighted by molar-refractivity contribution is 0.704. The molecule has 1 aliphatic heterocycles. The van der Waals surface area contributed by atoms with Crippen molar-refractivity contribution in [3.05, 3.63) is 18.5 Å². The van der Waals surface area contributed by atoms with Gasteiger partial charge in [0.15, 0.2) is 0 Å². The molecule has 7 heteroatoms. The number of anilines is 2. The van der Waals surface area contributed by atoms with Crippen molar-refractivity contribution in [1.82, 2.24) is 24.7 Å². The lowest BCUT2D eigenvalue weighted by Gasteiger charge is -2.22. The van der Waals surface area contributed by atoms with Gasteiger partial charge in [0, 0.05) is 31.5 Å². The fraction of sp³-hybridized carbons (Fsp3) is 0.571. The van der Waals surface area contributed by atoms with Gasteiger partial charge in [0.1, 0.15) is 0 Å². The van der Waals surface area contributed by atoms with E-state index in [1.165, 1.54) is 12.8 Å². The normalized spacial score (nSPS) is 18.2. The highest BCUT2D eigenvalue weighted by atomic mass is 15.4. The SMILES string of the molecule is CCCNc1nc(N2CCCC2C)nc(-n2cccn2)n1. The molecular formula is C14H21N7. The fourth-order valence-corrected chi connectivity index (χ4v) is 2.52. The summed E-state index contributed by atoms with van der Waals surface area (Å²) in [4.78, 5) is 15.8. The average Bonchev–Trinajstić information content (AvgIpc) is 3.16. The Balaban J connectivity index is 1.96. The zero-order chi connectivity index (χ0) is 14.7. The van der Waals surface area contributed by atoms with Crippen LogP contribution in [0.1, 0.15) is 33.1 Å². The van der Waals surface area contributed by atoms with Gasteiger partial charge in [0.25, 0.3) is 5.95 Å². The quantitative estimate of drug-likeness (QED) is 0.905. The number of aromatic nitrogens is 5. The summed E-state index contributed by atoms with van der Waals surface area (Å²) < 4.78 is 1.67. The van der Waals surface area contributed by atoms with Gasteiger partial charge >= 0.3 is 0 Å². The topological polar surface area (TPSA) is 71.8 Å². The first-order chi connectivity index (χ1) is 10.3. The minimum atomic E-state index is 0.469. The minimum Gasteiger partial charge on any atom is -0.354 e. The number of rotatable bonds is 5. The molecule has 0 aromatic carbocycles. The second-order valence-corrected chi connectivity index (χ2v) is 5.32. The summed E-state index contributed by atoms with van der Waals surface area (Å²) in [5, 5.41) is 7.46. The molecule has 1 unspecified atom stereocenters. The maximum atomic E-state index is 4.58. The first-order valence-corrected chi connectivity index (χ1v) is 7.54. The first-order valence-electron chi connectivity index (χ1n) is 7.54. The second kappa shape index (κ2) is 6.07. The summed E-state index contributed by atoms with van der Waals surface area (Å²) in [6.07, 6.45) is 6.96.